The summed E-state index contributed by atoms with van der Waals surface area (Å²) in [6, 6.07) is 5.74. The first-order valence-electron chi connectivity index (χ1n) is 8.70. The Kier molecular flexibility index (Phi) is 3.26. The van der Waals surface area contributed by atoms with Gasteiger partial charge in [-0.2, -0.15) is 5.10 Å². The maximum atomic E-state index is 12.6. The quantitative estimate of drug-likeness (QED) is 0.944. The Hall–Kier alpha value is -1.84. The van der Waals surface area contributed by atoms with Crippen LogP contribution in [0.4, 0.5) is 0 Å². The van der Waals surface area contributed by atoms with E-state index >= 15 is 0 Å². The number of hydrogen-bond acceptors (Lipinski definition) is 2. The molecule has 0 spiro atoms. The molecule has 4 nitrogen and oxygen atoms in total. The Bertz CT molecular complexity index is 759. The number of carbonyl (C=O) groups is 1. The molecule has 3 saturated carbocycles. The van der Waals surface area contributed by atoms with Gasteiger partial charge in [0.2, 0.25) is 0 Å². The molecule has 2 aromatic heterocycles. The van der Waals surface area contributed by atoms with E-state index in [1.54, 1.807) is 4.52 Å². The number of aryl methyl sites for hydroxylation is 1. The monoisotopic (exact) mass is 311 g/mol. The van der Waals surface area contributed by atoms with Gasteiger partial charge in [0.1, 0.15) is 0 Å². The Morgan fingerprint density at radius 1 is 1.43 bits per heavy atom. The number of nitrogens with one attached hydrogen (secondary N) is 1. The van der Waals surface area contributed by atoms with Crippen LogP contribution < -0.4 is 5.32 Å². The van der Waals surface area contributed by atoms with Gasteiger partial charge in [-0.15, -0.1) is 0 Å². The molecule has 3 fully saturated rings. The summed E-state index contributed by atoms with van der Waals surface area (Å²) in [5, 5.41) is 7.56. The number of aromatic nitrogens is 2. The van der Waals surface area contributed by atoms with Crippen LogP contribution in [0, 0.1) is 30.1 Å². The van der Waals surface area contributed by atoms with Crippen LogP contribution >= 0.6 is 0 Å². The van der Waals surface area contributed by atoms with E-state index in [4.69, 9.17) is 0 Å². The van der Waals surface area contributed by atoms with Crippen LogP contribution in [0.15, 0.2) is 24.4 Å². The lowest BCUT2D eigenvalue weighted by Crippen LogP contribution is -2.54. The van der Waals surface area contributed by atoms with Crippen LogP contribution in [0.5, 0.6) is 0 Å². The van der Waals surface area contributed by atoms with Gasteiger partial charge in [0, 0.05) is 12.7 Å². The molecule has 0 unspecified atom stereocenters. The number of pyridine rings is 1. The molecule has 3 aliphatic carbocycles. The topological polar surface area (TPSA) is 46.4 Å². The Balaban J connectivity index is 1.48. The minimum Gasteiger partial charge on any atom is -0.352 e. The molecule has 2 bridgehead atoms. The second-order valence-electron chi connectivity index (χ2n) is 7.95. The summed E-state index contributed by atoms with van der Waals surface area (Å²) in [5.41, 5.74) is 3.00. The summed E-state index contributed by atoms with van der Waals surface area (Å²) in [5.74, 6) is 2.33. The fraction of sp³-hybridized carbons (Fsp3) is 0.579. The molecule has 3 atom stereocenters. The van der Waals surface area contributed by atoms with E-state index in [2.05, 4.69) is 24.3 Å². The molecule has 2 heterocycles. The van der Waals surface area contributed by atoms with Crippen LogP contribution in [0.3, 0.4) is 0 Å². The van der Waals surface area contributed by atoms with E-state index in [1.165, 1.54) is 19.3 Å². The average molecular weight is 311 g/mol. The SMILES string of the molecule is Cc1cc2c(C(=O)NC[C@H]3CC[C@H]4C[C@@H]3C4(C)C)cccn2n1. The van der Waals surface area contributed by atoms with Crippen LogP contribution in [0.2, 0.25) is 0 Å². The average Bonchev–Trinajstić information content (AvgIpc) is 2.92. The van der Waals surface area contributed by atoms with Crippen molar-refractivity contribution in [1.29, 1.82) is 0 Å². The third kappa shape index (κ3) is 2.27. The fourth-order valence-corrected chi connectivity index (χ4v) is 4.86. The molecule has 3 aliphatic rings. The van der Waals surface area contributed by atoms with Crippen molar-refractivity contribution in [3.8, 4) is 0 Å². The van der Waals surface area contributed by atoms with Gasteiger partial charge in [0.25, 0.3) is 5.91 Å². The molecule has 122 valence electrons. The standard InChI is InChI=1S/C19H25N3O/c1-12-9-17-15(5-4-8-22(17)21-12)18(23)20-11-13-6-7-14-10-16(13)19(14,2)3/h4-5,8-9,13-14,16H,6-7,10-11H2,1-3H3,(H,20,23)/t13-,14+,16+/m1/s1. The Morgan fingerprint density at radius 3 is 3.00 bits per heavy atom. The van der Waals surface area contributed by atoms with Gasteiger partial charge in [-0.3, -0.25) is 4.79 Å². The number of rotatable bonds is 3. The summed E-state index contributed by atoms with van der Waals surface area (Å²) in [4.78, 5) is 12.6. The highest BCUT2D eigenvalue weighted by Crippen LogP contribution is 2.61. The van der Waals surface area contributed by atoms with Gasteiger partial charge in [0.05, 0.1) is 16.8 Å². The number of amides is 1. The molecule has 0 aliphatic heterocycles. The number of fused-ring (bicyclic) bond motifs is 3. The van der Waals surface area contributed by atoms with Crippen molar-refractivity contribution in [3.05, 3.63) is 35.7 Å². The fourth-order valence-electron chi connectivity index (χ4n) is 4.86. The van der Waals surface area contributed by atoms with Crippen molar-refractivity contribution < 1.29 is 4.79 Å². The second-order valence-corrected chi connectivity index (χ2v) is 7.95. The first-order chi connectivity index (χ1) is 11.0. The molecule has 23 heavy (non-hydrogen) atoms. The van der Waals surface area contributed by atoms with E-state index in [0.29, 0.717) is 11.3 Å². The number of nitrogens with zero attached hydrogens (tertiary/aromatic N) is 2. The largest absolute Gasteiger partial charge is 0.352 e. The van der Waals surface area contributed by atoms with Gasteiger partial charge in [-0.1, -0.05) is 13.8 Å². The lowest BCUT2D eigenvalue weighted by Gasteiger charge is -2.60. The zero-order chi connectivity index (χ0) is 16.2. The summed E-state index contributed by atoms with van der Waals surface area (Å²) in [6.07, 6.45) is 5.82. The molecule has 0 radical (unpaired) electrons. The summed E-state index contributed by atoms with van der Waals surface area (Å²) < 4.78 is 1.78. The van der Waals surface area contributed by atoms with Gasteiger partial charge < -0.3 is 5.32 Å². The third-order valence-corrected chi connectivity index (χ3v) is 6.39. The highest BCUT2D eigenvalue weighted by molar-refractivity contribution is 6.00. The van der Waals surface area contributed by atoms with Gasteiger partial charge >= 0.3 is 0 Å². The second kappa shape index (κ2) is 5.08. The van der Waals surface area contributed by atoms with Crippen LogP contribution in [-0.2, 0) is 0 Å². The summed E-state index contributed by atoms with van der Waals surface area (Å²) in [6.45, 7) is 7.55. The van der Waals surface area contributed by atoms with Gasteiger partial charge in [-0.05, 0) is 67.6 Å². The molecule has 5 rings (SSSR count). The molecule has 2 aromatic rings. The minimum absolute atomic E-state index is 0.0229. The number of carbonyl (C=O) groups excluding carboxylic acids is 1. The first-order valence-corrected chi connectivity index (χ1v) is 8.70. The van der Waals surface area contributed by atoms with Crippen molar-refractivity contribution in [3.63, 3.8) is 0 Å². The molecule has 0 saturated heterocycles. The van der Waals surface area contributed by atoms with Crippen molar-refractivity contribution in [1.82, 2.24) is 14.9 Å². The van der Waals surface area contributed by atoms with E-state index in [-0.39, 0.29) is 5.91 Å². The highest BCUT2D eigenvalue weighted by atomic mass is 16.1. The third-order valence-electron chi connectivity index (χ3n) is 6.39. The lowest BCUT2D eigenvalue weighted by atomic mass is 9.45. The first kappa shape index (κ1) is 14.7. The maximum absolute atomic E-state index is 12.6. The molecular weight excluding hydrogens is 286 g/mol. The minimum atomic E-state index is 0.0229. The maximum Gasteiger partial charge on any atom is 0.253 e. The molecule has 0 aromatic carbocycles. The summed E-state index contributed by atoms with van der Waals surface area (Å²) >= 11 is 0. The van der Waals surface area contributed by atoms with E-state index in [0.717, 1.165) is 35.2 Å². The van der Waals surface area contributed by atoms with E-state index in [1.807, 2.05) is 31.3 Å². The molecule has 4 heteroatoms. The number of hydrogen-bond donors (Lipinski definition) is 1. The lowest BCUT2D eigenvalue weighted by molar-refractivity contribution is -0.103. The smallest absolute Gasteiger partial charge is 0.253 e. The van der Waals surface area contributed by atoms with Crippen molar-refractivity contribution in [2.24, 2.45) is 23.2 Å². The highest BCUT2D eigenvalue weighted by Gasteiger charge is 2.53. The van der Waals surface area contributed by atoms with E-state index < -0.39 is 0 Å². The van der Waals surface area contributed by atoms with Crippen LogP contribution in [-0.4, -0.2) is 22.1 Å². The predicted octanol–water partition coefficient (Wildman–Crippen LogP) is 3.44. The molecular formula is C19H25N3O. The van der Waals surface area contributed by atoms with Crippen LogP contribution in [0.25, 0.3) is 5.52 Å². The molecule has 1 amide bonds. The predicted molar refractivity (Wildman–Crippen MR) is 90.4 cm³/mol. The summed E-state index contributed by atoms with van der Waals surface area (Å²) in [7, 11) is 0. The zero-order valence-corrected chi connectivity index (χ0v) is 14.2. The van der Waals surface area contributed by atoms with Crippen molar-refractivity contribution >= 4 is 11.4 Å². The molecule has 1 N–H and O–H groups in total. The Labute approximate surface area is 137 Å². The normalized spacial score (nSPS) is 28.4. The van der Waals surface area contributed by atoms with Crippen LogP contribution in [0.1, 0.15) is 49.2 Å². The Morgan fingerprint density at radius 2 is 2.26 bits per heavy atom. The van der Waals surface area contributed by atoms with Gasteiger partial charge in [-0.25, -0.2) is 4.52 Å². The van der Waals surface area contributed by atoms with Crippen molar-refractivity contribution in [2.75, 3.05) is 6.54 Å². The van der Waals surface area contributed by atoms with Crippen molar-refractivity contribution in [2.45, 2.75) is 40.0 Å². The van der Waals surface area contributed by atoms with E-state index in [9.17, 15) is 4.79 Å². The zero-order valence-electron chi connectivity index (χ0n) is 14.2. The van der Waals surface area contributed by atoms with Gasteiger partial charge in [0.15, 0.2) is 0 Å².